The summed E-state index contributed by atoms with van der Waals surface area (Å²) < 4.78 is 0. The van der Waals surface area contributed by atoms with E-state index in [0.717, 1.165) is 22.3 Å². The molecule has 1 heterocycles. The number of aliphatic hydroxyl groups excluding tert-OH is 1. The summed E-state index contributed by atoms with van der Waals surface area (Å²) in [6.07, 6.45) is 0.307. The summed E-state index contributed by atoms with van der Waals surface area (Å²) in [6, 6.07) is 9.64. The number of nitrogens with one attached hydrogen (secondary N) is 1. The number of aromatic nitrogens is 1. The zero-order chi connectivity index (χ0) is 13.8. The van der Waals surface area contributed by atoms with Crippen LogP contribution in [-0.2, 0) is 4.79 Å². The molecular formula is C15H18N2O2. The number of para-hydroxylation sites is 1. The Hall–Kier alpha value is -1.94. The van der Waals surface area contributed by atoms with Crippen LogP contribution >= 0.6 is 0 Å². The van der Waals surface area contributed by atoms with Gasteiger partial charge in [0, 0.05) is 17.5 Å². The number of carbonyl (C=O) groups is 1. The fourth-order valence-electron chi connectivity index (χ4n) is 1.90. The minimum Gasteiger partial charge on any atom is -0.393 e. The minimum absolute atomic E-state index is 0.100. The lowest BCUT2D eigenvalue weighted by atomic mass is 10.1. The normalized spacial score (nSPS) is 12.4. The molecule has 0 fully saturated rings. The van der Waals surface area contributed by atoms with Crippen LogP contribution in [0, 0.1) is 6.92 Å². The van der Waals surface area contributed by atoms with Gasteiger partial charge in [-0.05, 0) is 32.4 Å². The third-order valence-corrected chi connectivity index (χ3v) is 2.92. The molecule has 100 valence electrons. The highest BCUT2D eigenvalue weighted by Crippen LogP contribution is 2.22. The Kier molecular flexibility index (Phi) is 4.12. The Morgan fingerprint density at radius 2 is 2.16 bits per heavy atom. The summed E-state index contributed by atoms with van der Waals surface area (Å²) in [6.45, 7) is 3.60. The maximum absolute atomic E-state index is 11.8. The second-order valence-electron chi connectivity index (χ2n) is 4.77. The van der Waals surface area contributed by atoms with Crippen molar-refractivity contribution < 1.29 is 9.90 Å². The van der Waals surface area contributed by atoms with Crippen molar-refractivity contribution in [1.82, 2.24) is 4.98 Å². The van der Waals surface area contributed by atoms with Crippen molar-refractivity contribution in [3.8, 4) is 0 Å². The van der Waals surface area contributed by atoms with Crippen LogP contribution in [-0.4, -0.2) is 22.1 Å². The molecule has 1 aromatic carbocycles. The standard InChI is InChI=1S/C15H18N2O2/c1-10-6-8-12-4-3-5-13(15(12)16-10)17-14(19)9-7-11(2)18/h3-6,8,11,18H,7,9H2,1-2H3,(H,17,19). The first-order valence-corrected chi connectivity index (χ1v) is 6.40. The third-order valence-electron chi connectivity index (χ3n) is 2.92. The molecule has 0 aliphatic carbocycles. The van der Waals surface area contributed by atoms with Gasteiger partial charge in [0.05, 0.1) is 17.3 Å². The molecule has 4 heteroatoms. The number of anilines is 1. The molecule has 4 nitrogen and oxygen atoms in total. The fraction of sp³-hybridized carbons (Fsp3) is 0.333. The van der Waals surface area contributed by atoms with Gasteiger partial charge in [0.2, 0.25) is 5.91 Å². The smallest absolute Gasteiger partial charge is 0.224 e. The number of hydrogen-bond donors (Lipinski definition) is 2. The molecule has 0 saturated heterocycles. The monoisotopic (exact) mass is 258 g/mol. The Balaban J connectivity index is 2.20. The van der Waals surface area contributed by atoms with Gasteiger partial charge in [-0.1, -0.05) is 18.2 Å². The van der Waals surface area contributed by atoms with Crippen LogP contribution in [0.1, 0.15) is 25.5 Å². The Morgan fingerprint density at radius 1 is 1.37 bits per heavy atom. The van der Waals surface area contributed by atoms with E-state index < -0.39 is 6.10 Å². The minimum atomic E-state index is -0.460. The summed E-state index contributed by atoms with van der Waals surface area (Å²) in [4.78, 5) is 16.3. The van der Waals surface area contributed by atoms with E-state index >= 15 is 0 Å². The molecular weight excluding hydrogens is 240 g/mol. The van der Waals surface area contributed by atoms with Crippen molar-refractivity contribution in [3.63, 3.8) is 0 Å². The van der Waals surface area contributed by atoms with Crippen LogP contribution in [0.2, 0.25) is 0 Å². The summed E-state index contributed by atoms with van der Waals surface area (Å²) in [5.41, 5.74) is 2.43. The number of aliphatic hydroxyl groups is 1. The molecule has 0 spiro atoms. The van der Waals surface area contributed by atoms with Gasteiger partial charge in [-0.15, -0.1) is 0 Å². The van der Waals surface area contributed by atoms with Crippen LogP contribution in [0.15, 0.2) is 30.3 Å². The van der Waals surface area contributed by atoms with Crippen LogP contribution in [0.5, 0.6) is 0 Å². The summed E-state index contributed by atoms with van der Waals surface area (Å²) in [7, 11) is 0. The number of rotatable bonds is 4. The predicted molar refractivity (Wildman–Crippen MR) is 76.0 cm³/mol. The number of nitrogens with zero attached hydrogens (tertiary/aromatic N) is 1. The zero-order valence-electron chi connectivity index (χ0n) is 11.2. The van der Waals surface area contributed by atoms with Gasteiger partial charge >= 0.3 is 0 Å². The van der Waals surface area contributed by atoms with E-state index in [1.165, 1.54) is 0 Å². The van der Waals surface area contributed by atoms with E-state index in [-0.39, 0.29) is 5.91 Å². The van der Waals surface area contributed by atoms with Gasteiger partial charge in [-0.2, -0.15) is 0 Å². The second-order valence-corrected chi connectivity index (χ2v) is 4.77. The Labute approximate surface area is 112 Å². The molecule has 1 unspecified atom stereocenters. The lowest BCUT2D eigenvalue weighted by molar-refractivity contribution is -0.116. The van der Waals surface area contributed by atoms with E-state index in [2.05, 4.69) is 10.3 Å². The number of pyridine rings is 1. The largest absolute Gasteiger partial charge is 0.393 e. The van der Waals surface area contributed by atoms with Crippen molar-refractivity contribution in [1.29, 1.82) is 0 Å². The first-order chi connectivity index (χ1) is 9.06. The second kappa shape index (κ2) is 5.80. The molecule has 0 aliphatic heterocycles. The van der Waals surface area contributed by atoms with E-state index in [0.29, 0.717) is 12.8 Å². The van der Waals surface area contributed by atoms with Crippen LogP contribution < -0.4 is 5.32 Å². The number of fused-ring (bicyclic) bond motifs is 1. The Bertz CT molecular complexity index is 594. The molecule has 0 saturated carbocycles. The lowest BCUT2D eigenvalue weighted by Crippen LogP contribution is -2.14. The molecule has 1 aromatic heterocycles. The number of hydrogen-bond acceptors (Lipinski definition) is 3. The number of benzene rings is 1. The van der Waals surface area contributed by atoms with Crippen LogP contribution in [0.3, 0.4) is 0 Å². The molecule has 0 radical (unpaired) electrons. The quantitative estimate of drug-likeness (QED) is 0.886. The maximum atomic E-state index is 11.8. The molecule has 0 aliphatic rings. The van der Waals surface area contributed by atoms with Crippen molar-refractivity contribution in [2.75, 3.05) is 5.32 Å². The fourth-order valence-corrected chi connectivity index (χ4v) is 1.90. The average molecular weight is 258 g/mol. The number of aryl methyl sites for hydroxylation is 1. The average Bonchev–Trinajstić information content (AvgIpc) is 2.37. The molecule has 0 bridgehead atoms. The molecule has 2 rings (SSSR count). The molecule has 2 N–H and O–H groups in total. The first-order valence-electron chi connectivity index (χ1n) is 6.40. The molecule has 19 heavy (non-hydrogen) atoms. The van der Waals surface area contributed by atoms with Crippen molar-refractivity contribution in [3.05, 3.63) is 36.0 Å². The Morgan fingerprint density at radius 3 is 2.89 bits per heavy atom. The van der Waals surface area contributed by atoms with Gasteiger partial charge in [0.25, 0.3) is 0 Å². The molecule has 1 atom stereocenters. The maximum Gasteiger partial charge on any atom is 0.224 e. The highest BCUT2D eigenvalue weighted by molar-refractivity contribution is 6.00. The van der Waals surface area contributed by atoms with Gasteiger partial charge in [-0.3, -0.25) is 9.78 Å². The van der Waals surface area contributed by atoms with Crippen LogP contribution in [0.25, 0.3) is 10.9 Å². The zero-order valence-corrected chi connectivity index (χ0v) is 11.2. The van der Waals surface area contributed by atoms with E-state index in [9.17, 15) is 9.90 Å². The SMILES string of the molecule is Cc1ccc2cccc(NC(=O)CCC(C)O)c2n1. The van der Waals surface area contributed by atoms with Crippen molar-refractivity contribution in [2.24, 2.45) is 0 Å². The highest BCUT2D eigenvalue weighted by Gasteiger charge is 2.08. The number of amides is 1. The van der Waals surface area contributed by atoms with Crippen LogP contribution in [0.4, 0.5) is 5.69 Å². The van der Waals surface area contributed by atoms with Crippen molar-refractivity contribution >= 4 is 22.5 Å². The summed E-state index contributed by atoms with van der Waals surface area (Å²) in [5.74, 6) is -0.100. The van der Waals surface area contributed by atoms with Gasteiger partial charge < -0.3 is 10.4 Å². The number of carbonyl (C=O) groups excluding carboxylic acids is 1. The molecule has 1 amide bonds. The van der Waals surface area contributed by atoms with Gasteiger partial charge in [-0.25, -0.2) is 0 Å². The topological polar surface area (TPSA) is 62.2 Å². The van der Waals surface area contributed by atoms with E-state index in [4.69, 9.17) is 0 Å². The first kappa shape index (κ1) is 13.5. The lowest BCUT2D eigenvalue weighted by Gasteiger charge is -2.09. The van der Waals surface area contributed by atoms with Gasteiger partial charge in [0.15, 0.2) is 0 Å². The van der Waals surface area contributed by atoms with Gasteiger partial charge in [0.1, 0.15) is 0 Å². The summed E-state index contributed by atoms with van der Waals surface area (Å²) >= 11 is 0. The van der Waals surface area contributed by atoms with Crippen molar-refractivity contribution in [2.45, 2.75) is 32.8 Å². The summed E-state index contributed by atoms with van der Waals surface area (Å²) in [5, 5.41) is 13.0. The van der Waals surface area contributed by atoms with E-state index in [1.807, 2.05) is 37.3 Å². The molecule has 2 aromatic rings. The highest BCUT2D eigenvalue weighted by atomic mass is 16.3. The third kappa shape index (κ3) is 3.51. The van der Waals surface area contributed by atoms with E-state index in [1.54, 1.807) is 6.92 Å². The predicted octanol–water partition coefficient (Wildman–Crippen LogP) is 2.64.